The van der Waals surface area contributed by atoms with E-state index in [0.29, 0.717) is 42.7 Å². The number of fused-ring (bicyclic) bond motifs is 2. The maximum atomic E-state index is 13.1. The normalized spacial score (nSPS) is 20.4. The zero-order valence-corrected chi connectivity index (χ0v) is 20.6. The number of hydrogen-bond acceptors (Lipinski definition) is 9. The average Bonchev–Trinajstić information content (AvgIpc) is 3.24. The minimum atomic E-state index is -3.77. The molecule has 0 radical (unpaired) electrons. The first-order valence-corrected chi connectivity index (χ1v) is 13.3. The SMILES string of the molecule is Cc1cnc(OCCOc2ncnc(NS(=O)(=O)N3CC4C[C@@H]4C3)c2-c2ccc3c(c2)OCC3)nc1. The summed E-state index contributed by atoms with van der Waals surface area (Å²) >= 11 is 0. The third-order valence-electron chi connectivity index (χ3n) is 6.62. The van der Waals surface area contributed by atoms with Gasteiger partial charge in [0.1, 0.15) is 25.3 Å². The second-order valence-electron chi connectivity index (χ2n) is 9.24. The van der Waals surface area contributed by atoms with Crippen LogP contribution in [-0.4, -0.2) is 65.6 Å². The molecular weight excluding hydrogens is 484 g/mol. The van der Waals surface area contributed by atoms with Crippen LogP contribution >= 0.6 is 0 Å². The van der Waals surface area contributed by atoms with Gasteiger partial charge in [-0.2, -0.15) is 12.7 Å². The number of hydrogen-bond donors (Lipinski definition) is 1. The van der Waals surface area contributed by atoms with Crippen molar-refractivity contribution in [3.63, 3.8) is 0 Å². The van der Waals surface area contributed by atoms with E-state index in [1.807, 2.05) is 25.1 Å². The molecule has 2 aromatic heterocycles. The van der Waals surface area contributed by atoms with Gasteiger partial charge in [0.15, 0.2) is 5.82 Å². The van der Waals surface area contributed by atoms with Crippen LogP contribution in [0.3, 0.4) is 0 Å². The predicted molar refractivity (Wildman–Crippen MR) is 130 cm³/mol. The molecule has 3 aromatic rings. The molecule has 1 aliphatic carbocycles. The van der Waals surface area contributed by atoms with Gasteiger partial charge >= 0.3 is 16.2 Å². The highest BCUT2D eigenvalue weighted by Crippen LogP contribution is 2.46. The topological polar surface area (TPSA) is 129 Å². The number of rotatable bonds is 9. The van der Waals surface area contributed by atoms with Crippen LogP contribution in [0.5, 0.6) is 17.6 Å². The standard InChI is InChI=1S/C24H26N6O5S/c1-15-10-25-24(26-11-15)35-7-6-34-23-21(17-3-2-16-4-5-33-20(16)9-17)22(27-14-28-23)29-36(31,32)30-12-18-8-19(18)13-30/h2-3,9-11,14,18-19H,4-8,12-13H2,1H3,(H,27,28,29)/t18-,19?/m1/s1. The molecule has 2 fully saturated rings. The average molecular weight is 511 g/mol. The highest BCUT2D eigenvalue weighted by molar-refractivity contribution is 7.90. The van der Waals surface area contributed by atoms with Gasteiger partial charge < -0.3 is 14.2 Å². The zero-order chi connectivity index (χ0) is 24.7. The summed E-state index contributed by atoms with van der Waals surface area (Å²) in [7, 11) is -3.77. The van der Waals surface area contributed by atoms with Crippen LogP contribution in [0, 0.1) is 18.8 Å². The summed E-state index contributed by atoms with van der Waals surface area (Å²) in [4.78, 5) is 16.8. The van der Waals surface area contributed by atoms with E-state index in [1.54, 1.807) is 12.4 Å². The van der Waals surface area contributed by atoms with Gasteiger partial charge in [-0.3, -0.25) is 4.72 Å². The van der Waals surface area contributed by atoms with Crippen LogP contribution in [0.25, 0.3) is 11.1 Å². The smallest absolute Gasteiger partial charge is 0.316 e. The Balaban J connectivity index is 1.25. The molecule has 0 spiro atoms. The van der Waals surface area contributed by atoms with Crippen LogP contribution in [0.1, 0.15) is 17.5 Å². The first-order valence-electron chi connectivity index (χ1n) is 11.9. The van der Waals surface area contributed by atoms with Gasteiger partial charge in [-0.25, -0.2) is 19.9 Å². The van der Waals surface area contributed by atoms with E-state index in [-0.39, 0.29) is 30.9 Å². The fourth-order valence-corrected chi connectivity index (χ4v) is 5.91. The van der Waals surface area contributed by atoms with E-state index >= 15 is 0 Å². The lowest BCUT2D eigenvalue weighted by molar-refractivity contribution is 0.202. The van der Waals surface area contributed by atoms with E-state index in [2.05, 4.69) is 24.7 Å². The molecule has 6 rings (SSSR count). The molecule has 2 aliphatic heterocycles. The molecule has 11 nitrogen and oxygen atoms in total. The molecule has 1 aromatic carbocycles. The lowest BCUT2D eigenvalue weighted by Gasteiger charge is -2.20. The molecular formula is C24H26N6O5S. The molecule has 3 aliphatic rings. The first-order chi connectivity index (χ1) is 17.5. The Morgan fingerprint density at radius 3 is 2.67 bits per heavy atom. The third-order valence-corrected chi connectivity index (χ3v) is 8.05. The summed E-state index contributed by atoms with van der Waals surface area (Å²) in [6.07, 6.45) is 6.56. The molecule has 1 unspecified atom stereocenters. The van der Waals surface area contributed by atoms with Crippen LogP contribution < -0.4 is 18.9 Å². The molecule has 12 heteroatoms. The molecule has 1 N–H and O–H groups in total. The van der Waals surface area contributed by atoms with E-state index in [9.17, 15) is 8.42 Å². The highest BCUT2D eigenvalue weighted by atomic mass is 32.2. The molecule has 188 valence electrons. The van der Waals surface area contributed by atoms with Gasteiger partial charge in [-0.05, 0) is 47.9 Å². The zero-order valence-electron chi connectivity index (χ0n) is 19.8. The van der Waals surface area contributed by atoms with Crippen molar-refractivity contribution in [2.45, 2.75) is 19.8 Å². The molecule has 36 heavy (non-hydrogen) atoms. The van der Waals surface area contributed by atoms with Crippen molar-refractivity contribution >= 4 is 16.0 Å². The van der Waals surface area contributed by atoms with Crippen LogP contribution in [0.2, 0.25) is 0 Å². The lowest BCUT2D eigenvalue weighted by atomic mass is 10.0. The van der Waals surface area contributed by atoms with Crippen LogP contribution in [-0.2, 0) is 16.6 Å². The van der Waals surface area contributed by atoms with Crippen LogP contribution in [0.4, 0.5) is 5.82 Å². The Morgan fingerprint density at radius 1 is 1.08 bits per heavy atom. The van der Waals surface area contributed by atoms with E-state index < -0.39 is 10.2 Å². The lowest BCUT2D eigenvalue weighted by Crippen LogP contribution is -2.35. The molecule has 0 bridgehead atoms. The molecule has 4 heterocycles. The van der Waals surface area contributed by atoms with Gasteiger partial charge in [0.05, 0.1) is 12.2 Å². The maximum Gasteiger partial charge on any atom is 0.316 e. The third kappa shape index (κ3) is 4.65. The van der Waals surface area contributed by atoms with E-state index in [0.717, 1.165) is 29.7 Å². The van der Waals surface area contributed by atoms with E-state index in [4.69, 9.17) is 14.2 Å². The van der Waals surface area contributed by atoms with Crippen molar-refractivity contribution in [3.8, 4) is 28.8 Å². The maximum absolute atomic E-state index is 13.1. The van der Waals surface area contributed by atoms with Crippen molar-refractivity contribution in [1.29, 1.82) is 0 Å². The summed E-state index contributed by atoms with van der Waals surface area (Å²) in [6, 6.07) is 5.99. The number of aryl methyl sites for hydroxylation is 1. The number of ether oxygens (including phenoxy) is 3. The molecule has 2 atom stereocenters. The van der Waals surface area contributed by atoms with Gasteiger partial charge in [-0.1, -0.05) is 12.1 Å². The quantitative estimate of drug-likeness (QED) is 0.431. The van der Waals surface area contributed by atoms with Crippen LogP contribution in [0.15, 0.2) is 36.9 Å². The Morgan fingerprint density at radius 2 is 1.86 bits per heavy atom. The van der Waals surface area contributed by atoms with E-state index in [1.165, 1.54) is 10.6 Å². The van der Waals surface area contributed by atoms with Crippen molar-refractivity contribution < 1.29 is 22.6 Å². The Bertz CT molecular complexity index is 1370. The van der Waals surface area contributed by atoms with Crippen molar-refractivity contribution in [1.82, 2.24) is 24.2 Å². The summed E-state index contributed by atoms with van der Waals surface area (Å²) in [5.41, 5.74) is 3.16. The Hall–Kier alpha value is -3.51. The van der Waals surface area contributed by atoms with Gasteiger partial charge in [0.25, 0.3) is 0 Å². The monoisotopic (exact) mass is 510 g/mol. The highest BCUT2D eigenvalue weighted by Gasteiger charge is 2.49. The van der Waals surface area contributed by atoms with Gasteiger partial charge in [0.2, 0.25) is 5.88 Å². The number of nitrogens with one attached hydrogen (secondary N) is 1. The summed E-state index contributed by atoms with van der Waals surface area (Å²) in [5, 5.41) is 0. The number of benzene rings is 1. The molecule has 1 saturated carbocycles. The second-order valence-corrected chi connectivity index (χ2v) is 10.9. The fourth-order valence-electron chi connectivity index (χ4n) is 4.60. The number of nitrogens with zero attached hydrogens (tertiary/aromatic N) is 5. The van der Waals surface area contributed by atoms with Gasteiger partial charge in [-0.15, -0.1) is 0 Å². The number of piperidine rings is 1. The Kier molecular flexibility index (Phi) is 5.84. The molecule has 0 amide bonds. The summed E-state index contributed by atoms with van der Waals surface area (Å²) in [5.74, 6) is 2.09. The largest absolute Gasteiger partial charge is 0.493 e. The second kappa shape index (κ2) is 9.17. The molecule has 1 saturated heterocycles. The summed E-state index contributed by atoms with van der Waals surface area (Å²) in [6.45, 7) is 3.90. The first kappa shape index (κ1) is 22.9. The predicted octanol–water partition coefficient (Wildman–Crippen LogP) is 2.24. The summed E-state index contributed by atoms with van der Waals surface area (Å²) < 4.78 is 47.7. The van der Waals surface area contributed by atoms with Crippen molar-refractivity contribution in [2.75, 3.05) is 37.6 Å². The number of aromatic nitrogens is 4. The minimum absolute atomic E-state index is 0.143. The van der Waals surface area contributed by atoms with Crippen molar-refractivity contribution in [2.24, 2.45) is 11.8 Å². The number of anilines is 1. The van der Waals surface area contributed by atoms with Gasteiger partial charge in [0, 0.05) is 31.9 Å². The minimum Gasteiger partial charge on any atom is -0.493 e. The Labute approximate surface area is 209 Å². The fraction of sp³-hybridized carbons (Fsp3) is 0.417. The van der Waals surface area contributed by atoms with Crippen molar-refractivity contribution in [3.05, 3.63) is 48.0 Å².